The molecule has 1 unspecified atom stereocenters. The molecule has 26 heavy (non-hydrogen) atoms. The number of ether oxygens (including phenoxy) is 2. The van der Waals surface area contributed by atoms with Gasteiger partial charge in [0.15, 0.2) is 5.70 Å². The summed E-state index contributed by atoms with van der Waals surface area (Å²) in [6.45, 7) is 4.08. The second-order valence-electron chi connectivity index (χ2n) is 5.87. The summed E-state index contributed by atoms with van der Waals surface area (Å²) in [5.41, 5.74) is 1.55. The minimum absolute atomic E-state index is 0.153. The van der Waals surface area contributed by atoms with E-state index in [0.29, 0.717) is 15.6 Å². The molecule has 6 heteroatoms. The van der Waals surface area contributed by atoms with Gasteiger partial charge in [-0.1, -0.05) is 42.3 Å². The van der Waals surface area contributed by atoms with Crippen molar-refractivity contribution < 1.29 is 14.3 Å². The summed E-state index contributed by atoms with van der Waals surface area (Å²) in [5.74, 6) is 0.429. The van der Waals surface area contributed by atoms with Crippen molar-refractivity contribution in [2.75, 3.05) is 0 Å². The van der Waals surface area contributed by atoms with Crippen LogP contribution < -0.4 is 4.74 Å². The van der Waals surface area contributed by atoms with Crippen LogP contribution in [0.5, 0.6) is 5.75 Å². The van der Waals surface area contributed by atoms with Crippen molar-refractivity contribution in [3.8, 4) is 5.75 Å². The Bertz CT molecular complexity index is 888. The summed E-state index contributed by atoms with van der Waals surface area (Å²) < 4.78 is 11.0. The highest BCUT2D eigenvalue weighted by molar-refractivity contribution is 6.37. The van der Waals surface area contributed by atoms with E-state index in [4.69, 9.17) is 32.7 Å². The van der Waals surface area contributed by atoms with Crippen LogP contribution in [-0.4, -0.2) is 18.0 Å². The topological polar surface area (TPSA) is 47.9 Å². The fourth-order valence-corrected chi connectivity index (χ4v) is 2.79. The zero-order valence-corrected chi connectivity index (χ0v) is 15.8. The molecule has 3 rings (SSSR count). The molecule has 0 aliphatic carbocycles. The molecule has 0 saturated carbocycles. The number of hydrogen-bond donors (Lipinski definition) is 0. The quantitative estimate of drug-likeness (QED) is 0.499. The third-order valence-corrected chi connectivity index (χ3v) is 4.43. The lowest BCUT2D eigenvalue weighted by Gasteiger charge is -2.12. The van der Waals surface area contributed by atoms with Crippen LogP contribution in [0.4, 0.5) is 0 Å². The van der Waals surface area contributed by atoms with Crippen LogP contribution in [0.15, 0.2) is 53.2 Å². The van der Waals surface area contributed by atoms with Crippen molar-refractivity contribution >= 4 is 41.1 Å². The van der Waals surface area contributed by atoms with Crippen molar-refractivity contribution in [3.05, 3.63) is 69.3 Å². The molecule has 4 nitrogen and oxygen atoms in total. The Labute approximate surface area is 162 Å². The second kappa shape index (κ2) is 7.94. The average molecular weight is 390 g/mol. The smallest absolute Gasteiger partial charge is 0.363 e. The van der Waals surface area contributed by atoms with Gasteiger partial charge in [-0.25, -0.2) is 9.79 Å². The van der Waals surface area contributed by atoms with Gasteiger partial charge in [0.25, 0.3) is 0 Å². The molecule has 0 amide bonds. The Morgan fingerprint density at radius 3 is 2.58 bits per heavy atom. The lowest BCUT2D eigenvalue weighted by Crippen LogP contribution is -2.09. The molecule has 0 spiro atoms. The summed E-state index contributed by atoms with van der Waals surface area (Å²) in [6, 6.07) is 12.4. The maximum absolute atomic E-state index is 12.1. The Morgan fingerprint density at radius 2 is 1.92 bits per heavy atom. The summed E-state index contributed by atoms with van der Waals surface area (Å²) >= 11 is 12.0. The van der Waals surface area contributed by atoms with Gasteiger partial charge in [0, 0.05) is 5.02 Å². The van der Waals surface area contributed by atoms with Crippen molar-refractivity contribution in [1.82, 2.24) is 0 Å². The molecule has 0 radical (unpaired) electrons. The summed E-state index contributed by atoms with van der Waals surface area (Å²) in [6.07, 6.45) is 2.74. The molecule has 0 aromatic heterocycles. The van der Waals surface area contributed by atoms with E-state index in [0.717, 1.165) is 17.7 Å². The van der Waals surface area contributed by atoms with E-state index in [2.05, 4.69) is 11.9 Å². The number of cyclic esters (lactones) is 1. The van der Waals surface area contributed by atoms with E-state index in [1.54, 1.807) is 24.3 Å². The molecule has 1 aliphatic heterocycles. The number of aliphatic imine (C=N–C) groups is 1. The van der Waals surface area contributed by atoms with Crippen molar-refractivity contribution in [1.29, 1.82) is 0 Å². The number of carbonyl (C=O) groups is 1. The van der Waals surface area contributed by atoms with Crippen LogP contribution in [0, 0.1) is 0 Å². The zero-order chi connectivity index (χ0) is 18.7. The van der Waals surface area contributed by atoms with Gasteiger partial charge in [0.1, 0.15) is 5.75 Å². The van der Waals surface area contributed by atoms with Gasteiger partial charge in [-0.3, -0.25) is 0 Å². The van der Waals surface area contributed by atoms with Gasteiger partial charge in [-0.15, -0.1) is 0 Å². The molecule has 1 aliphatic rings. The lowest BCUT2D eigenvalue weighted by molar-refractivity contribution is -0.129. The van der Waals surface area contributed by atoms with Crippen LogP contribution in [0.25, 0.3) is 6.08 Å². The first-order chi connectivity index (χ1) is 12.5. The van der Waals surface area contributed by atoms with Gasteiger partial charge >= 0.3 is 5.97 Å². The number of carbonyl (C=O) groups excluding carboxylic acids is 1. The molecule has 0 saturated heterocycles. The summed E-state index contributed by atoms with van der Waals surface area (Å²) in [5, 5.41) is 0.871. The van der Waals surface area contributed by atoms with Crippen LogP contribution in [0.1, 0.15) is 31.4 Å². The van der Waals surface area contributed by atoms with Crippen LogP contribution in [-0.2, 0) is 9.53 Å². The van der Waals surface area contributed by atoms with Crippen molar-refractivity contribution in [3.63, 3.8) is 0 Å². The highest BCUT2D eigenvalue weighted by Gasteiger charge is 2.25. The molecule has 0 N–H and O–H groups in total. The van der Waals surface area contributed by atoms with E-state index in [1.165, 1.54) is 0 Å². The normalized spacial score (nSPS) is 16.4. The maximum atomic E-state index is 12.1. The second-order valence-corrected chi connectivity index (χ2v) is 6.71. The fourth-order valence-electron chi connectivity index (χ4n) is 2.30. The van der Waals surface area contributed by atoms with Gasteiger partial charge in [0.05, 0.1) is 16.7 Å². The largest absolute Gasteiger partial charge is 0.491 e. The number of halogens is 2. The number of hydrogen-bond acceptors (Lipinski definition) is 4. The molecular formula is C20H17Cl2NO3. The molecule has 1 atom stereocenters. The van der Waals surface area contributed by atoms with Gasteiger partial charge < -0.3 is 9.47 Å². The van der Waals surface area contributed by atoms with Gasteiger partial charge in [0.2, 0.25) is 5.90 Å². The zero-order valence-electron chi connectivity index (χ0n) is 14.3. The predicted octanol–water partition coefficient (Wildman–Crippen LogP) is 5.52. The van der Waals surface area contributed by atoms with Crippen LogP contribution in [0.2, 0.25) is 10.0 Å². The molecular weight excluding hydrogens is 373 g/mol. The third kappa shape index (κ3) is 4.26. The van der Waals surface area contributed by atoms with Crippen LogP contribution in [0.3, 0.4) is 0 Å². The lowest BCUT2D eigenvalue weighted by atomic mass is 10.2. The number of benzene rings is 2. The minimum atomic E-state index is -0.522. The summed E-state index contributed by atoms with van der Waals surface area (Å²) in [7, 11) is 0. The van der Waals surface area contributed by atoms with E-state index >= 15 is 0 Å². The molecule has 134 valence electrons. The Morgan fingerprint density at radius 1 is 1.19 bits per heavy atom. The van der Waals surface area contributed by atoms with Crippen molar-refractivity contribution in [2.45, 2.75) is 26.4 Å². The first-order valence-electron chi connectivity index (χ1n) is 8.21. The fraction of sp³-hybridized carbons (Fsp3) is 0.200. The molecule has 2 aromatic rings. The molecule has 2 aromatic carbocycles. The molecule has 0 fully saturated rings. The maximum Gasteiger partial charge on any atom is 0.363 e. The van der Waals surface area contributed by atoms with Gasteiger partial charge in [-0.2, -0.15) is 0 Å². The summed E-state index contributed by atoms with van der Waals surface area (Å²) in [4.78, 5) is 16.3. The van der Waals surface area contributed by atoms with Crippen molar-refractivity contribution in [2.24, 2.45) is 4.99 Å². The Hall–Kier alpha value is -2.30. The highest BCUT2D eigenvalue weighted by atomic mass is 35.5. The molecule has 0 bridgehead atoms. The van der Waals surface area contributed by atoms with E-state index in [1.807, 2.05) is 31.2 Å². The average Bonchev–Trinajstić information content (AvgIpc) is 2.96. The number of esters is 1. The van der Waals surface area contributed by atoms with Gasteiger partial charge in [-0.05, 0) is 55.3 Å². The van der Waals surface area contributed by atoms with Crippen LogP contribution >= 0.6 is 23.2 Å². The standard InChI is InChI=1S/C20H17Cl2NO3/c1-3-12(2)25-15-7-4-13(5-8-15)10-18-20(24)26-19(23-18)16-9-6-14(21)11-17(16)22/h4-12H,3H2,1-2H3/b18-10-. The van der Waals surface area contributed by atoms with E-state index < -0.39 is 5.97 Å². The molecule has 1 heterocycles. The Kier molecular flexibility index (Phi) is 5.64. The Balaban J connectivity index is 1.82. The monoisotopic (exact) mass is 389 g/mol. The SMILES string of the molecule is CCC(C)Oc1ccc(/C=C2\N=C(c3ccc(Cl)cc3Cl)OC2=O)cc1. The third-order valence-electron chi connectivity index (χ3n) is 3.88. The number of rotatable bonds is 5. The first-order valence-corrected chi connectivity index (χ1v) is 8.96. The van der Waals surface area contributed by atoms with E-state index in [9.17, 15) is 4.79 Å². The first kappa shape index (κ1) is 18.5. The number of nitrogens with zero attached hydrogens (tertiary/aromatic N) is 1. The van der Waals surface area contributed by atoms with E-state index in [-0.39, 0.29) is 17.7 Å². The highest BCUT2D eigenvalue weighted by Crippen LogP contribution is 2.26. The predicted molar refractivity (Wildman–Crippen MR) is 104 cm³/mol. The minimum Gasteiger partial charge on any atom is -0.491 e.